The first-order chi connectivity index (χ1) is 13.3. The number of pyridine rings is 1. The molecule has 4 heterocycles. The Hall–Kier alpha value is -3.05. The second-order valence-corrected chi connectivity index (χ2v) is 6.73. The molecule has 27 heavy (non-hydrogen) atoms. The maximum atomic E-state index is 13.0. The summed E-state index contributed by atoms with van der Waals surface area (Å²) in [6.45, 7) is 1.97. The van der Waals surface area contributed by atoms with E-state index in [1.165, 1.54) is 11.3 Å². The van der Waals surface area contributed by atoms with Gasteiger partial charge in [-0.3, -0.25) is 14.6 Å². The van der Waals surface area contributed by atoms with Crippen molar-refractivity contribution in [2.24, 2.45) is 5.92 Å². The van der Waals surface area contributed by atoms with Crippen LogP contribution in [0.2, 0.25) is 0 Å². The van der Waals surface area contributed by atoms with Crippen LogP contribution in [-0.4, -0.2) is 45.6 Å². The fraction of sp³-hybridized carbons (Fsp3) is 0.421. The van der Waals surface area contributed by atoms with Gasteiger partial charge in [0.05, 0.1) is 18.2 Å². The second-order valence-electron chi connectivity index (χ2n) is 6.73. The van der Waals surface area contributed by atoms with E-state index in [1.54, 1.807) is 30.7 Å². The third-order valence-electron chi connectivity index (χ3n) is 5.07. The summed E-state index contributed by atoms with van der Waals surface area (Å²) in [6, 6.07) is 5.48. The van der Waals surface area contributed by atoms with Crippen molar-refractivity contribution >= 4 is 11.9 Å². The van der Waals surface area contributed by atoms with Crippen LogP contribution >= 0.6 is 0 Å². The summed E-state index contributed by atoms with van der Waals surface area (Å²) in [5.41, 5.74) is 1.33. The minimum absolute atomic E-state index is 0.00786. The van der Waals surface area contributed by atoms with Crippen LogP contribution in [0.5, 0.6) is 0 Å². The monoisotopic (exact) mass is 364 g/mol. The summed E-state index contributed by atoms with van der Waals surface area (Å²) >= 11 is 0. The predicted molar refractivity (Wildman–Crippen MR) is 96.1 cm³/mol. The van der Waals surface area contributed by atoms with Crippen LogP contribution < -0.4 is 4.90 Å². The Morgan fingerprint density at radius 2 is 1.96 bits per heavy atom. The zero-order chi connectivity index (χ0) is 18.6. The normalized spacial score (nSPS) is 20.5. The first-order valence-electron chi connectivity index (χ1n) is 9.09. The average molecular weight is 364 g/mol. The van der Waals surface area contributed by atoms with Crippen molar-refractivity contribution < 1.29 is 9.63 Å². The molecule has 0 radical (unpaired) electrons. The number of carbonyl (C=O) groups excluding carboxylic acids is 1. The zero-order valence-electron chi connectivity index (χ0n) is 14.9. The molecule has 2 aromatic rings. The van der Waals surface area contributed by atoms with Crippen LogP contribution in [0.4, 0.5) is 5.95 Å². The van der Waals surface area contributed by atoms with Crippen molar-refractivity contribution in [3.05, 3.63) is 48.0 Å². The van der Waals surface area contributed by atoms with Crippen LogP contribution in [0.1, 0.15) is 36.4 Å². The van der Waals surface area contributed by atoms with Crippen molar-refractivity contribution in [1.29, 1.82) is 5.26 Å². The molecule has 1 atom stereocenters. The highest BCUT2D eigenvalue weighted by molar-refractivity contribution is 5.79. The Morgan fingerprint density at radius 3 is 2.70 bits per heavy atom. The molecular formula is C19H20N6O2. The van der Waals surface area contributed by atoms with Crippen LogP contribution in [0.3, 0.4) is 0 Å². The molecule has 0 bridgehead atoms. The van der Waals surface area contributed by atoms with Gasteiger partial charge in [-0.2, -0.15) is 5.26 Å². The fourth-order valence-corrected chi connectivity index (χ4v) is 3.65. The number of nitriles is 1. The van der Waals surface area contributed by atoms with Crippen molar-refractivity contribution in [2.45, 2.75) is 25.3 Å². The number of anilines is 1. The van der Waals surface area contributed by atoms with E-state index in [4.69, 9.17) is 10.1 Å². The molecular weight excluding hydrogens is 344 g/mol. The number of carbonyl (C=O) groups is 1. The Morgan fingerprint density at radius 1 is 1.19 bits per heavy atom. The van der Waals surface area contributed by atoms with E-state index in [-0.39, 0.29) is 17.9 Å². The van der Waals surface area contributed by atoms with E-state index in [0.717, 1.165) is 31.5 Å². The highest BCUT2D eigenvalue weighted by Gasteiger charge is 2.37. The second kappa shape index (κ2) is 7.68. The number of rotatable bonds is 3. The van der Waals surface area contributed by atoms with Gasteiger partial charge in [0, 0.05) is 50.2 Å². The van der Waals surface area contributed by atoms with Gasteiger partial charge in [0.1, 0.15) is 6.07 Å². The molecule has 138 valence electrons. The van der Waals surface area contributed by atoms with Gasteiger partial charge < -0.3 is 4.90 Å². The molecule has 4 rings (SSSR count). The molecule has 0 spiro atoms. The summed E-state index contributed by atoms with van der Waals surface area (Å²) in [6.07, 6.45) is 8.86. The lowest BCUT2D eigenvalue weighted by Gasteiger charge is -2.34. The van der Waals surface area contributed by atoms with Gasteiger partial charge in [0.15, 0.2) is 0 Å². The van der Waals surface area contributed by atoms with E-state index in [9.17, 15) is 4.79 Å². The van der Waals surface area contributed by atoms with Gasteiger partial charge in [0.2, 0.25) is 11.9 Å². The zero-order valence-corrected chi connectivity index (χ0v) is 14.9. The Bertz CT molecular complexity index is 845. The number of amides is 1. The largest absolute Gasteiger partial charge is 0.341 e. The summed E-state index contributed by atoms with van der Waals surface area (Å²) in [5, 5.41) is 10.6. The average Bonchev–Trinajstić information content (AvgIpc) is 3.24. The lowest BCUT2D eigenvalue weighted by Crippen LogP contribution is -2.42. The van der Waals surface area contributed by atoms with Gasteiger partial charge in [0.25, 0.3) is 0 Å². The molecule has 8 nitrogen and oxygen atoms in total. The first kappa shape index (κ1) is 17.4. The van der Waals surface area contributed by atoms with E-state index >= 15 is 0 Å². The number of aromatic nitrogens is 3. The molecule has 0 aromatic carbocycles. The van der Waals surface area contributed by atoms with Crippen LogP contribution in [-0.2, 0) is 9.63 Å². The third kappa shape index (κ3) is 3.59. The lowest BCUT2D eigenvalue weighted by molar-refractivity contribution is -0.182. The van der Waals surface area contributed by atoms with Gasteiger partial charge in [-0.1, -0.05) is 0 Å². The summed E-state index contributed by atoms with van der Waals surface area (Å²) in [5.74, 6) is 0.629. The predicted octanol–water partition coefficient (Wildman–Crippen LogP) is 1.86. The van der Waals surface area contributed by atoms with Crippen LogP contribution in [0.25, 0.3) is 0 Å². The minimum atomic E-state index is -0.186. The quantitative estimate of drug-likeness (QED) is 0.820. The summed E-state index contributed by atoms with van der Waals surface area (Å²) in [4.78, 5) is 33.5. The van der Waals surface area contributed by atoms with Crippen molar-refractivity contribution in [3.63, 3.8) is 0 Å². The van der Waals surface area contributed by atoms with E-state index in [2.05, 4.69) is 25.9 Å². The van der Waals surface area contributed by atoms with Crippen molar-refractivity contribution in [3.8, 4) is 6.07 Å². The number of hydrogen-bond donors (Lipinski definition) is 0. The highest BCUT2D eigenvalue weighted by Crippen LogP contribution is 2.33. The van der Waals surface area contributed by atoms with Gasteiger partial charge in [-0.15, -0.1) is 0 Å². The first-order valence-corrected chi connectivity index (χ1v) is 9.09. The molecule has 0 unspecified atom stereocenters. The van der Waals surface area contributed by atoms with E-state index < -0.39 is 0 Å². The molecule has 2 aliphatic rings. The molecule has 1 amide bonds. The maximum Gasteiger partial charge on any atom is 0.249 e. The molecule has 8 heteroatoms. The molecule has 2 aliphatic heterocycles. The van der Waals surface area contributed by atoms with Crippen LogP contribution in [0.15, 0.2) is 36.9 Å². The SMILES string of the molecule is N#Cc1cncc([C@@H]2CCON2C(=O)C2CCN(c3ncccn3)CC2)c1. The van der Waals surface area contributed by atoms with Crippen molar-refractivity contribution in [2.75, 3.05) is 24.6 Å². The summed E-state index contributed by atoms with van der Waals surface area (Å²) in [7, 11) is 0. The maximum absolute atomic E-state index is 13.0. The standard InChI is InChI=1S/C19H20N6O2/c20-11-14-10-16(13-21-12-14)17-4-9-27-25(17)18(26)15-2-7-24(8-3-15)19-22-5-1-6-23-19/h1,5-6,10,12-13,15,17H,2-4,7-9H2/t17-/m0/s1. The summed E-state index contributed by atoms with van der Waals surface area (Å²) < 4.78 is 0. The molecule has 2 aromatic heterocycles. The Balaban J connectivity index is 1.42. The Kier molecular flexibility index (Phi) is 4.94. The molecule has 0 aliphatic carbocycles. The number of nitrogens with zero attached hydrogens (tertiary/aromatic N) is 6. The number of piperidine rings is 1. The van der Waals surface area contributed by atoms with E-state index in [1.807, 2.05) is 0 Å². The van der Waals surface area contributed by atoms with Crippen LogP contribution in [0, 0.1) is 17.2 Å². The molecule has 0 N–H and O–H groups in total. The van der Waals surface area contributed by atoms with Gasteiger partial charge >= 0.3 is 0 Å². The van der Waals surface area contributed by atoms with Gasteiger partial charge in [-0.25, -0.2) is 15.0 Å². The smallest absolute Gasteiger partial charge is 0.249 e. The fourth-order valence-electron chi connectivity index (χ4n) is 3.65. The van der Waals surface area contributed by atoms with Crippen molar-refractivity contribution in [1.82, 2.24) is 20.0 Å². The molecule has 2 fully saturated rings. The van der Waals surface area contributed by atoms with E-state index in [0.29, 0.717) is 24.5 Å². The molecule has 2 saturated heterocycles. The number of hydrogen-bond acceptors (Lipinski definition) is 7. The lowest BCUT2D eigenvalue weighted by atomic mass is 9.95. The third-order valence-corrected chi connectivity index (χ3v) is 5.07. The Labute approximate surface area is 157 Å². The molecule has 0 saturated carbocycles. The van der Waals surface area contributed by atoms with Gasteiger partial charge in [-0.05, 0) is 30.5 Å². The topological polar surface area (TPSA) is 95.2 Å². The highest BCUT2D eigenvalue weighted by atomic mass is 16.7. The number of hydroxylamine groups is 2. The minimum Gasteiger partial charge on any atom is -0.341 e.